The lowest BCUT2D eigenvalue weighted by molar-refractivity contribution is -0.133. The van der Waals surface area contributed by atoms with E-state index in [9.17, 15) is 13.2 Å². The van der Waals surface area contributed by atoms with Crippen LogP contribution in [0.5, 0.6) is 0 Å². The van der Waals surface area contributed by atoms with Gasteiger partial charge in [0.25, 0.3) is 0 Å². The summed E-state index contributed by atoms with van der Waals surface area (Å²) in [6.45, 7) is 2.67. The van der Waals surface area contributed by atoms with E-state index < -0.39 is 10.0 Å². The molecule has 0 aromatic heterocycles. The van der Waals surface area contributed by atoms with Gasteiger partial charge < -0.3 is 4.90 Å². The first-order valence-corrected chi connectivity index (χ1v) is 9.60. The molecule has 1 aromatic carbocycles. The Morgan fingerprint density at radius 2 is 1.95 bits per heavy atom. The predicted octanol–water partition coefficient (Wildman–Crippen LogP) is 2.24. The fourth-order valence-corrected chi connectivity index (χ4v) is 3.81. The standard InChI is InChI=1S/C16H24N2O3S/c1-3-14-9-7-8-12-17(14)16(19)13-18(22(2,20)21)15-10-5-4-6-11-15/h4-6,10-11,14H,3,7-9,12-13H2,1-2H3. The Kier molecular flexibility index (Phi) is 5.45. The van der Waals surface area contributed by atoms with Crippen molar-refractivity contribution in [1.29, 1.82) is 0 Å². The normalized spacial score (nSPS) is 19.0. The van der Waals surface area contributed by atoms with Crippen molar-refractivity contribution in [3.63, 3.8) is 0 Å². The van der Waals surface area contributed by atoms with Gasteiger partial charge >= 0.3 is 0 Å². The van der Waals surface area contributed by atoms with Gasteiger partial charge in [0.1, 0.15) is 6.54 Å². The number of carbonyl (C=O) groups is 1. The third-order valence-electron chi connectivity index (χ3n) is 4.14. The second-order valence-corrected chi connectivity index (χ2v) is 7.66. The zero-order valence-corrected chi connectivity index (χ0v) is 14.1. The van der Waals surface area contributed by atoms with Crippen molar-refractivity contribution in [3.05, 3.63) is 30.3 Å². The number of nitrogens with zero attached hydrogens (tertiary/aromatic N) is 2. The summed E-state index contributed by atoms with van der Waals surface area (Å²) in [7, 11) is -3.49. The van der Waals surface area contributed by atoms with Gasteiger partial charge in [-0.05, 0) is 37.8 Å². The number of piperidine rings is 1. The van der Waals surface area contributed by atoms with Gasteiger partial charge in [0.05, 0.1) is 11.9 Å². The Balaban J connectivity index is 2.19. The highest BCUT2D eigenvalue weighted by Crippen LogP contribution is 2.22. The topological polar surface area (TPSA) is 57.7 Å². The first kappa shape index (κ1) is 16.8. The van der Waals surface area contributed by atoms with E-state index in [0.29, 0.717) is 5.69 Å². The summed E-state index contributed by atoms with van der Waals surface area (Å²) in [4.78, 5) is 14.5. The van der Waals surface area contributed by atoms with Crippen LogP contribution < -0.4 is 4.31 Å². The second kappa shape index (κ2) is 7.13. The quantitative estimate of drug-likeness (QED) is 0.834. The summed E-state index contributed by atoms with van der Waals surface area (Å²) in [5.41, 5.74) is 0.531. The SMILES string of the molecule is CCC1CCCCN1C(=O)CN(c1ccccc1)S(C)(=O)=O. The Morgan fingerprint density at radius 3 is 2.55 bits per heavy atom. The zero-order valence-electron chi connectivity index (χ0n) is 13.2. The molecule has 2 rings (SSSR count). The van der Waals surface area contributed by atoms with Crippen molar-refractivity contribution in [2.45, 2.75) is 38.6 Å². The van der Waals surface area contributed by atoms with Crippen molar-refractivity contribution in [2.75, 3.05) is 23.7 Å². The van der Waals surface area contributed by atoms with Crippen LogP contribution in [0.1, 0.15) is 32.6 Å². The molecule has 0 bridgehead atoms. The van der Waals surface area contributed by atoms with E-state index in [1.807, 2.05) is 11.0 Å². The minimum atomic E-state index is -3.49. The maximum Gasteiger partial charge on any atom is 0.243 e. The summed E-state index contributed by atoms with van der Waals surface area (Å²) in [6.07, 6.45) is 5.19. The molecule has 1 saturated heterocycles. The van der Waals surface area contributed by atoms with Crippen LogP contribution in [-0.4, -0.2) is 44.6 Å². The van der Waals surface area contributed by atoms with E-state index in [1.54, 1.807) is 24.3 Å². The summed E-state index contributed by atoms with van der Waals surface area (Å²) in [5.74, 6) is -0.110. The van der Waals surface area contributed by atoms with Crippen molar-refractivity contribution >= 4 is 21.6 Å². The van der Waals surface area contributed by atoms with Crippen LogP contribution in [0, 0.1) is 0 Å². The molecule has 0 N–H and O–H groups in total. The molecule has 0 aliphatic carbocycles. The molecule has 1 heterocycles. The van der Waals surface area contributed by atoms with Crippen LogP contribution in [0.4, 0.5) is 5.69 Å². The molecule has 1 unspecified atom stereocenters. The van der Waals surface area contributed by atoms with Crippen molar-refractivity contribution in [1.82, 2.24) is 4.90 Å². The van der Waals surface area contributed by atoms with Crippen molar-refractivity contribution in [2.24, 2.45) is 0 Å². The number of sulfonamides is 1. The molecule has 0 spiro atoms. The van der Waals surface area contributed by atoms with E-state index in [1.165, 1.54) is 4.31 Å². The number of benzene rings is 1. The summed E-state index contributed by atoms with van der Waals surface area (Å²) >= 11 is 0. The van der Waals surface area contributed by atoms with E-state index in [-0.39, 0.29) is 18.5 Å². The van der Waals surface area contributed by atoms with Crippen LogP contribution in [0.2, 0.25) is 0 Å². The summed E-state index contributed by atoms with van der Waals surface area (Å²) in [6, 6.07) is 9.02. The van der Waals surface area contributed by atoms with Gasteiger partial charge in [0.15, 0.2) is 0 Å². The first-order valence-electron chi connectivity index (χ1n) is 7.75. The summed E-state index contributed by atoms with van der Waals surface area (Å²) < 4.78 is 25.3. The average Bonchev–Trinajstić information content (AvgIpc) is 2.52. The molecule has 1 atom stereocenters. The third kappa shape index (κ3) is 4.00. The van der Waals surface area contributed by atoms with Crippen LogP contribution in [0.25, 0.3) is 0 Å². The average molecular weight is 324 g/mol. The molecule has 122 valence electrons. The number of hydrogen-bond donors (Lipinski definition) is 0. The number of carbonyl (C=O) groups excluding carboxylic acids is 1. The number of para-hydroxylation sites is 1. The fraction of sp³-hybridized carbons (Fsp3) is 0.562. The second-order valence-electron chi connectivity index (χ2n) is 5.75. The van der Waals surface area contributed by atoms with Crippen molar-refractivity contribution in [3.8, 4) is 0 Å². The molecule has 1 amide bonds. The third-order valence-corrected chi connectivity index (χ3v) is 5.28. The largest absolute Gasteiger partial charge is 0.338 e. The van der Waals surface area contributed by atoms with Crippen LogP contribution in [0.3, 0.4) is 0 Å². The monoisotopic (exact) mass is 324 g/mol. The molecule has 1 aliphatic rings. The zero-order chi connectivity index (χ0) is 16.2. The van der Waals surface area contributed by atoms with Gasteiger partial charge in [-0.2, -0.15) is 0 Å². The van der Waals surface area contributed by atoms with E-state index in [4.69, 9.17) is 0 Å². The molecule has 0 saturated carbocycles. The molecule has 1 aliphatic heterocycles. The highest BCUT2D eigenvalue weighted by molar-refractivity contribution is 7.92. The Labute approximate surface area is 133 Å². The van der Waals surface area contributed by atoms with E-state index in [0.717, 1.165) is 38.5 Å². The Hall–Kier alpha value is -1.56. The van der Waals surface area contributed by atoms with Crippen LogP contribution in [-0.2, 0) is 14.8 Å². The molecule has 5 nitrogen and oxygen atoms in total. The fourth-order valence-electron chi connectivity index (χ4n) is 2.96. The smallest absolute Gasteiger partial charge is 0.243 e. The highest BCUT2D eigenvalue weighted by Gasteiger charge is 2.29. The van der Waals surface area contributed by atoms with Crippen molar-refractivity contribution < 1.29 is 13.2 Å². The highest BCUT2D eigenvalue weighted by atomic mass is 32.2. The van der Waals surface area contributed by atoms with Gasteiger partial charge in [0.2, 0.25) is 15.9 Å². The molecule has 6 heteroatoms. The minimum absolute atomic E-state index is 0.110. The maximum atomic E-state index is 12.6. The Morgan fingerprint density at radius 1 is 1.27 bits per heavy atom. The van der Waals surface area contributed by atoms with Gasteiger partial charge in [-0.15, -0.1) is 0 Å². The number of rotatable bonds is 5. The lowest BCUT2D eigenvalue weighted by atomic mass is 10.00. The number of hydrogen-bond acceptors (Lipinski definition) is 3. The van der Waals surface area contributed by atoms with Gasteiger partial charge in [-0.25, -0.2) is 8.42 Å². The predicted molar refractivity (Wildman–Crippen MR) is 88.3 cm³/mol. The molecule has 22 heavy (non-hydrogen) atoms. The Bertz CT molecular complexity index is 601. The summed E-state index contributed by atoms with van der Waals surface area (Å²) in [5, 5.41) is 0. The maximum absolute atomic E-state index is 12.6. The lowest BCUT2D eigenvalue weighted by Gasteiger charge is -2.36. The van der Waals surface area contributed by atoms with Gasteiger partial charge in [0, 0.05) is 12.6 Å². The molecule has 1 fully saturated rings. The molecular formula is C16H24N2O3S. The first-order chi connectivity index (χ1) is 10.4. The number of anilines is 1. The number of amides is 1. The van der Waals surface area contributed by atoms with Gasteiger partial charge in [-0.1, -0.05) is 25.1 Å². The van der Waals surface area contributed by atoms with E-state index in [2.05, 4.69) is 6.92 Å². The molecular weight excluding hydrogens is 300 g/mol. The number of likely N-dealkylation sites (tertiary alicyclic amines) is 1. The van der Waals surface area contributed by atoms with Gasteiger partial charge in [-0.3, -0.25) is 9.10 Å². The van der Waals surface area contributed by atoms with Crippen LogP contribution in [0.15, 0.2) is 30.3 Å². The molecule has 1 aromatic rings. The molecule has 0 radical (unpaired) electrons. The van der Waals surface area contributed by atoms with Crippen LogP contribution >= 0.6 is 0 Å². The lowest BCUT2D eigenvalue weighted by Crippen LogP contribution is -2.48. The van der Waals surface area contributed by atoms with E-state index >= 15 is 0 Å². The minimum Gasteiger partial charge on any atom is -0.338 e.